The predicted octanol–water partition coefficient (Wildman–Crippen LogP) is 2.03. The number of benzene rings is 1. The Bertz CT molecular complexity index is 579. The van der Waals surface area contributed by atoms with E-state index in [1.807, 2.05) is 13.8 Å². The van der Waals surface area contributed by atoms with Crippen molar-refractivity contribution in [3.8, 4) is 0 Å². The van der Waals surface area contributed by atoms with Crippen LogP contribution in [0.5, 0.6) is 0 Å². The predicted molar refractivity (Wildman–Crippen MR) is 79.5 cm³/mol. The van der Waals surface area contributed by atoms with Crippen LogP contribution in [0.2, 0.25) is 0 Å². The minimum atomic E-state index is -1.05. The van der Waals surface area contributed by atoms with Crippen LogP contribution in [0, 0.1) is 11.7 Å². The highest BCUT2D eigenvalue weighted by atomic mass is 32.2. The summed E-state index contributed by atoms with van der Waals surface area (Å²) in [5.41, 5.74) is 5.46. The first-order valence-electron chi connectivity index (χ1n) is 6.55. The summed E-state index contributed by atoms with van der Waals surface area (Å²) < 4.78 is 13.5. The summed E-state index contributed by atoms with van der Waals surface area (Å²) in [6, 6.07) is 2.89. The van der Waals surface area contributed by atoms with Crippen molar-refractivity contribution in [3.63, 3.8) is 0 Å². The summed E-state index contributed by atoms with van der Waals surface area (Å²) in [6.07, 6.45) is 0. The number of aliphatic carboxylic acids is 1. The molecule has 114 valence electrons. The maximum absolute atomic E-state index is 13.5. The Labute approximate surface area is 126 Å². The number of nitrogens with zero attached hydrogens (tertiary/aromatic N) is 1. The number of nitrogen functional groups attached to an aromatic ring is 1. The number of carboxylic acids is 1. The molecule has 1 fully saturated rings. The standard InChI is InChI=1S/C14H17FN2O3S/c1-7(2)13-17(11(6-21-13)14(19)20)12(18)8-3-4-10(16)9(15)5-8/h3-5,7,11,13H,6,16H2,1-2H3,(H,19,20). The fraction of sp³-hybridized carbons (Fsp3) is 0.429. The molecular formula is C14H17FN2O3S. The summed E-state index contributed by atoms with van der Waals surface area (Å²) in [4.78, 5) is 25.3. The van der Waals surface area contributed by atoms with Crippen LogP contribution >= 0.6 is 11.8 Å². The molecule has 1 aromatic carbocycles. The lowest BCUT2D eigenvalue weighted by Gasteiger charge is -2.29. The van der Waals surface area contributed by atoms with Gasteiger partial charge in [-0.3, -0.25) is 4.79 Å². The molecule has 0 aliphatic carbocycles. The first-order chi connectivity index (χ1) is 9.82. The smallest absolute Gasteiger partial charge is 0.327 e. The third-order valence-corrected chi connectivity index (χ3v) is 4.99. The van der Waals surface area contributed by atoms with E-state index in [1.54, 1.807) is 0 Å². The van der Waals surface area contributed by atoms with E-state index in [9.17, 15) is 19.1 Å². The van der Waals surface area contributed by atoms with E-state index >= 15 is 0 Å². The quantitative estimate of drug-likeness (QED) is 0.834. The zero-order chi connectivity index (χ0) is 15.7. The van der Waals surface area contributed by atoms with Gasteiger partial charge in [0.2, 0.25) is 0 Å². The molecule has 1 aromatic rings. The number of nitrogens with two attached hydrogens (primary N) is 1. The second-order valence-corrected chi connectivity index (χ2v) is 6.42. The van der Waals surface area contributed by atoms with Crippen LogP contribution in [0.15, 0.2) is 18.2 Å². The van der Waals surface area contributed by atoms with Crippen molar-refractivity contribution in [2.24, 2.45) is 5.92 Å². The lowest BCUT2D eigenvalue weighted by Crippen LogP contribution is -2.47. The minimum absolute atomic E-state index is 0.0439. The second kappa shape index (κ2) is 5.93. The monoisotopic (exact) mass is 312 g/mol. The fourth-order valence-corrected chi connectivity index (χ4v) is 3.77. The Kier molecular flexibility index (Phi) is 4.41. The van der Waals surface area contributed by atoms with Crippen molar-refractivity contribution in [2.45, 2.75) is 25.3 Å². The van der Waals surface area contributed by atoms with Crippen molar-refractivity contribution >= 4 is 29.3 Å². The summed E-state index contributed by atoms with van der Waals surface area (Å²) >= 11 is 1.43. The van der Waals surface area contributed by atoms with Crippen LogP contribution < -0.4 is 5.73 Å². The average Bonchev–Trinajstić information content (AvgIpc) is 2.86. The molecule has 1 aliphatic rings. The van der Waals surface area contributed by atoms with Crippen molar-refractivity contribution in [1.82, 2.24) is 4.90 Å². The number of amides is 1. The highest BCUT2D eigenvalue weighted by Crippen LogP contribution is 2.35. The number of hydrogen-bond donors (Lipinski definition) is 2. The molecule has 1 heterocycles. The molecule has 1 saturated heterocycles. The van der Waals surface area contributed by atoms with Gasteiger partial charge in [0.1, 0.15) is 11.9 Å². The molecule has 5 nitrogen and oxygen atoms in total. The number of halogens is 1. The van der Waals surface area contributed by atoms with Gasteiger partial charge in [0.25, 0.3) is 5.91 Å². The van der Waals surface area contributed by atoms with E-state index in [4.69, 9.17) is 5.73 Å². The van der Waals surface area contributed by atoms with Gasteiger partial charge in [0, 0.05) is 11.3 Å². The second-order valence-electron chi connectivity index (χ2n) is 5.27. The summed E-state index contributed by atoms with van der Waals surface area (Å²) in [7, 11) is 0. The van der Waals surface area contributed by atoms with Crippen LogP contribution in [-0.4, -0.2) is 39.1 Å². The molecular weight excluding hydrogens is 295 g/mol. The topological polar surface area (TPSA) is 83.6 Å². The fourth-order valence-electron chi connectivity index (χ4n) is 2.30. The third kappa shape index (κ3) is 2.97. The Morgan fingerprint density at radius 2 is 2.14 bits per heavy atom. The summed E-state index contributed by atoms with van der Waals surface area (Å²) in [5.74, 6) is -1.77. The van der Waals surface area contributed by atoms with E-state index in [2.05, 4.69) is 0 Å². The maximum Gasteiger partial charge on any atom is 0.327 e. The summed E-state index contributed by atoms with van der Waals surface area (Å²) in [6.45, 7) is 3.84. The van der Waals surface area contributed by atoms with Crippen LogP contribution in [-0.2, 0) is 4.79 Å². The molecule has 2 rings (SSSR count). The average molecular weight is 312 g/mol. The van der Waals surface area contributed by atoms with Crippen molar-refractivity contribution in [3.05, 3.63) is 29.6 Å². The van der Waals surface area contributed by atoms with Crippen molar-refractivity contribution in [2.75, 3.05) is 11.5 Å². The first kappa shape index (κ1) is 15.6. The molecule has 1 aliphatic heterocycles. The Hall–Kier alpha value is -1.76. The van der Waals surface area contributed by atoms with Gasteiger partial charge in [-0.05, 0) is 24.1 Å². The van der Waals surface area contributed by atoms with Crippen LogP contribution in [0.3, 0.4) is 0 Å². The number of thioether (sulfide) groups is 1. The normalized spacial score (nSPS) is 21.8. The van der Waals surface area contributed by atoms with Crippen LogP contribution in [0.4, 0.5) is 10.1 Å². The molecule has 21 heavy (non-hydrogen) atoms. The van der Waals surface area contributed by atoms with Gasteiger partial charge < -0.3 is 15.7 Å². The van der Waals surface area contributed by atoms with Crippen LogP contribution in [0.1, 0.15) is 24.2 Å². The van der Waals surface area contributed by atoms with Gasteiger partial charge in [-0.25, -0.2) is 9.18 Å². The van der Waals surface area contributed by atoms with E-state index < -0.39 is 23.7 Å². The highest BCUT2D eigenvalue weighted by molar-refractivity contribution is 8.00. The number of hydrogen-bond acceptors (Lipinski definition) is 4. The molecule has 0 bridgehead atoms. The summed E-state index contributed by atoms with van der Waals surface area (Å²) in [5, 5.41) is 9.04. The Morgan fingerprint density at radius 3 is 2.67 bits per heavy atom. The molecule has 0 aromatic heterocycles. The lowest BCUT2D eigenvalue weighted by molar-refractivity contribution is -0.141. The van der Waals surface area contributed by atoms with Gasteiger partial charge in [-0.1, -0.05) is 13.8 Å². The number of rotatable bonds is 3. The largest absolute Gasteiger partial charge is 0.480 e. The first-order valence-corrected chi connectivity index (χ1v) is 7.60. The van der Waals surface area contributed by atoms with E-state index in [-0.39, 0.29) is 22.5 Å². The zero-order valence-corrected chi connectivity index (χ0v) is 12.6. The SMILES string of the molecule is CC(C)C1SCC(C(=O)O)N1C(=O)c1ccc(N)c(F)c1. The van der Waals surface area contributed by atoms with E-state index in [0.717, 1.165) is 6.07 Å². The van der Waals surface area contributed by atoms with Crippen molar-refractivity contribution in [1.29, 1.82) is 0 Å². The minimum Gasteiger partial charge on any atom is -0.480 e. The molecule has 3 N–H and O–H groups in total. The van der Waals surface area contributed by atoms with Gasteiger partial charge in [-0.15, -0.1) is 11.8 Å². The molecule has 2 atom stereocenters. The molecule has 2 unspecified atom stereocenters. The Morgan fingerprint density at radius 1 is 1.48 bits per heavy atom. The molecule has 1 amide bonds. The van der Waals surface area contributed by atoms with Gasteiger partial charge in [-0.2, -0.15) is 0 Å². The lowest BCUT2D eigenvalue weighted by atomic mass is 10.1. The molecule has 0 radical (unpaired) electrons. The van der Waals surface area contributed by atoms with E-state index in [1.165, 1.54) is 28.8 Å². The molecule has 0 spiro atoms. The number of carbonyl (C=O) groups is 2. The van der Waals surface area contributed by atoms with Crippen molar-refractivity contribution < 1.29 is 19.1 Å². The van der Waals surface area contributed by atoms with Crippen LogP contribution in [0.25, 0.3) is 0 Å². The highest BCUT2D eigenvalue weighted by Gasteiger charge is 2.43. The van der Waals surface area contributed by atoms with Gasteiger partial charge in [0.05, 0.1) is 11.1 Å². The Balaban J connectivity index is 2.36. The number of anilines is 1. The molecule has 7 heteroatoms. The number of carboxylic acid groups (broad SMARTS) is 1. The number of carbonyl (C=O) groups excluding carboxylic acids is 1. The molecule has 0 saturated carbocycles. The third-order valence-electron chi connectivity index (χ3n) is 3.37. The van der Waals surface area contributed by atoms with Gasteiger partial charge >= 0.3 is 5.97 Å². The van der Waals surface area contributed by atoms with Gasteiger partial charge in [0.15, 0.2) is 0 Å². The maximum atomic E-state index is 13.5. The van der Waals surface area contributed by atoms with E-state index in [0.29, 0.717) is 5.75 Å². The zero-order valence-electron chi connectivity index (χ0n) is 11.7.